The van der Waals surface area contributed by atoms with Gasteiger partial charge in [0.25, 0.3) is 5.69 Å². The van der Waals surface area contributed by atoms with Crippen LogP contribution in [0.1, 0.15) is 12.5 Å². The van der Waals surface area contributed by atoms with Crippen LogP contribution in [0.25, 0.3) is 0 Å². The predicted octanol–water partition coefficient (Wildman–Crippen LogP) is 3.65. The largest absolute Gasteiger partial charge is 0.478 e. The van der Waals surface area contributed by atoms with Crippen LogP contribution in [0, 0.1) is 10.1 Å². The molecule has 1 heterocycles. The standard InChI is InChI=1S/C14H14ClN3O3/c1-2-21-14-6-5-12(9-17-14)16-8-10-3-4-11(15)7-13(10)18(19)20/h3-7,9,16H,2,8H2,1H3. The third-order valence-corrected chi connectivity index (χ3v) is 2.99. The molecule has 7 heteroatoms. The Labute approximate surface area is 126 Å². The zero-order chi connectivity index (χ0) is 15.2. The Balaban J connectivity index is 2.07. The maximum atomic E-state index is 11.0. The summed E-state index contributed by atoms with van der Waals surface area (Å²) in [4.78, 5) is 14.7. The highest BCUT2D eigenvalue weighted by molar-refractivity contribution is 6.30. The van der Waals surface area contributed by atoms with E-state index in [1.54, 1.807) is 30.5 Å². The minimum absolute atomic E-state index is 0.00565. The zero-order valence-corrected chi connectivity index (χ0v) is 12.1. The van der Waals surface area contributed by atoms with Gasteiger partial charge in [0.05, 0.1) is 23.4 Å². The number of ether oxygens (including phenoxy) is 1. The van der Waals surface area contributed by atoms with E-state index in [0.717, 1.165) is 5.69 Å². The normalized spacial score (nSPS) is 10.2. The lowest BCUT2D eigenvalue weighted by atomic mass is 10.2. The highest BCUT2D eigenvalue weighted by atomic mass is 35.5. The minimum atomic E-state index is -0.445. The molecule has 0 radical (unpaired) electrons. The van der Waals surface area contributed by atoms with E-state index in [2.05, 4.69) is 10.3 Å². The molecule has 0 aliphatic carbocycles. The van der Waals surface area contributed by atoms with Crippen molar-refractivity contribution >= 4 is 23.0 Å². The molecule has 2 rings (SSSR count). The molecule has 1 aromatic heterocycles. The van der Waals surface area contributed by atoms with Crippen LogP contribution in [0.2, 0.25) is 5.02 Å². The lowest BCUT2D eigenvalue weighted by molar-refractivity contribution is -0.385. The molecule has 2 aromatic rings. The van der Waals surface area contributed by atoms with Crippen molar-refractivity contribution in [3.63, 3.8) is 0 Å². The van der Waals surface area contributed by atoms with Crippen molar-refractivity contribution < 1.29 is 9.66 Å². The van der Waals surface area contributed by atoms with E-state index >= 15 is 0 Å². The molecule has 110 valence electrons. The molecule has 1 aromatic carbocycles. The molecule has 0 fully saturated rings. The number of nitrogens with zero attached hydrogens (tertiary/aromatic N) is 2. The van der Waals surface area contributed by atoms with Crippen LogP contribution < -0.4 is 10.1 Å². The molecule has 0 aliphatic rings. The Morgan fingerprint density at radius 2 is 2.19 bits per heavy atom. The van der Waals surface area contributed by atoms with E-state index in [9.17, 15) is 10.1 Å². The summed E-state index contributed by atoms with van der Waals surface area (Å²) >= 11 is 5.78. The molecule has 0 spiro atoms. The van der Waals surface area contributed by atoms with Crippen molar-refractivity contribution in [2.24, 2.45) is 0 Å². The fraction of sp³-hybridized carbons (Fsp3) is 0.214. The van der Waals surface area contributed by atoms with Crippen molar-refractivity contribution in [2.75, 3.05) is 11.9 Å². The van der Waals surface area contributed by atoms with E-state index < -0.39 is 4.92 Å². The van der Waals surface area contributed by atoms with Crippen LogP contribution >= 0.6 is 11.6 Å². The minimum Gasteiger partial charge on any atom is -0.478 e. The monoisotopic (exact) mass is 307 g/mol. The number of nitrogens with one attached hydrogen (secondary N) is 1. The van der Waals surface area contributed by atoms with Gasteiger partial charge in [-0.2, -0.15) is 0 Å². The number of benzene rings is 1. The van der Waals surface area contributed by atoms with Gasteiger partial charge in [0.15, 0.2) is 0 Å². The number of hydrogen-bond acceptors (Lipinski definition) is 5. The van der Waals surface area contributed by atoms with Gasteiger partial charge in [-0.15, -0.1) is 0 Å². The fourth-order valence-electron chi connectivity index (χ4n) is 1.77. The Bertz CT molecular complexity index is 632. The van der Waals surface area contributed by atoms with E-state index in [-0.39, 0.29) is 5.69 Å². The van der Waals surface area contributed by atoms with Gasteiger partial charge < -0.3 is 10.1 Å². The number of rotatable bonds is 6. The first-order valence-electron chi connectivity index (χ1n) is 6.35. The van der Waals surface area contributed by atoms with Crippen LogP contribution in [-0.4, -0.2) is 16.5 Å². The van der Waals surface area contributed by atoms with Gasteiger partial charge >= 0.3 is 0 Å². The first kappa shape index (κ1) is 15.1. The van der Waals surface area contributed by atoms with Crippen molar-refractivity contribution in [3.8, 4) is 5.88 Å². The second kappa shape index (κ2) is 6.90. The van der Waals surface area contributed by atoms with Crippen LogP contribution in [0.5, 0.6) is 5.88 Å². The average Bonchev–Trinajstić information content (AvgIpc) is 2.47. The Morgan fingerprint density at radius 3 is 2.81 bits per heavy atom. The number of pyridine rings is 1. The Hall–Kier alpha value is -2.34. The molecule has 0 unspecified atom stereocenters. The lowest BCUT2D eigenvalue weighted by Crippen LogP contribution is -2.03. The second-order valence-corrected chi connectivity index (χ2v) is 4.64. The third-order valence-electron chi connectivity index (χ3n) is 2.76. The molecule has 0 saturated carbocycles. The molecule has 6 nitrogen and oxygen atoms in total. The third kappa shape index (κ3) is 4.06. The maximum absolute atomic E-state index is 11.0. The lowest BCUT2D eigenvalue weighted by Gasteiger charge is -2.08. The van der Waals surface area contributed by atoms with Crippen LogP contribution in [0.3, 0.4) is 0 Å². The number of aromatic nitrogens is 1. The highest BCUT2D eigenvalue weighted by Gasteiger charge is 2.13. The van der Waals surface area contributed by atoms with E-state index in [4.69, 9.17) is 16.3 Å². The summed E-state index contributed by atoms with van der Waals surface area (Å²) in [5, 5.41) is 14.4. The van der Waals surface area contributed by atoms with Crippen LogP contribution in [0.15, 0.2) is 36.5 Å². The predicted molar refractivity (Wildman–Crippen MR) is 80.8 cm³/mol. The van der Waals surface area contributed by atoms with Gasteiger partial charge in [-0.05, 0) is 25.1 Å². The summed E-state index contributed by atoms with van der Waals surface area (Å²) in [7, 11) is 0. The molecular weight excluding hydrogens is 294 g/mol. The molecule has 0 atom stereocenters. The van der Waals surface area contributed by atoms with Crippen molar-refractivity contribution in [1.82, 2.24) is 4.98 Å². The number of anilines is 1. The number of halogens is 1. The highest BCUT2D eigenvalue weighted by Crippen LogP contribution is 2.24. The molecular formula is C14H14ClN3O3. The van der Waals surface area contributed by atoms with Crippen molar-refractivity contribution in [3.05, 3.63) is 57.2 Å². The van der Waals surface area contributed by atoms with Gasteiger partial charge in [0, 0.05) is 29.3 Å². The molecule has 0 aliphatic heterocycles. The first-order valence-corrected chi connectivity index (χ1v) is 6.73. The number of nitro benzene ring substituents is 1. The zero-order valence-electron chi connectivity index (χ0n) is 11.4. The van der Waals surface area contributed by atoms with E-state index in [1.165, 1.54) is 6.07 Å². The van der Waals surface area contributed by atoms with E-state index in [1.807, 2.05) is 6.92 Å². The summed E-state index contributed by atoms with van der Waals surface area (Å²) in [6.07, 6.45) is 1.62. The number of nitro groups is 1. The van der Waals surface area contributed by atoms with Gasteiger partial charge in [-0.1, -0.05) is 11.6 Å². The summed E-state index contributed by atoms with van der Waals surface area (Å²) in [5.74, 6) is 0.542. The summed E-state index contributed by atoms with van der Waals surface area (Å²) < 4.78 is 5.24. The summed E-state index contributed by atoms with van der Waals surface area (Å²) in [6, 6.07) is 8.15. The SMILES string of the molecule is CCOc1ccc(NCc2ccc(Cl)cc2[N+](=O)[O-])cn1. The maximum Gasteiger partial charge on any atom is 0.275 e. The summed E-state index contributed by atoms with van der Waals surface area (Å²) in [6.45, 7) is 2.74. The van der Waals surface area contributed by atoms with E-state index in [0.29, 0.717) is 29.6 Å². The fourth-order valence-corrected chi connectivity index (χ4v) is 1.94. The second-order valence-electron chi connectivity index (χ2n) is 4.20. The van der Waals surface area contributed by atoms with Gasteiger partial charge in [0.2, 0.25) is 5.88 Å². The van der Waals surface area contributed by atoms with Crippen LogP contribution in [-0.2, 0) is 6.54 Å². The molecule has 1 N–H and O–H groups in total. The molecule has 21 heavy (non-hydrogen) atoms. The number of hydrogen-bond donors (Lipinski definition) is 1. The van der Waals surface area contributed by atoms with Crippen LogP contribution in [0.4, 0.5) is 11.4 Å². The van der Waals surface area contributed by atoms with Crippen molar-refractivity contribution in [1.29, 1.82) is 0 Å². The smallest absolute Gasteiger partial charge is 0.275 e. The molecule has 0 amide bonds. The van der Waals surface area contributed by atoms with Gasteiger partial charge in [-0.3, -0.25) is 10.1 Å². The Morgan fingerprint density at radius 1 is 1.38 bits per heavy atom. The first-order chi connectivity index (χ1) is 10.1. The topological polar surface area (TPSA) is 77.3 Å². The molecule has 0 saturated heterocycles. The molecule has 0 bridgehead atoms. The Kier molecular flexibility index (Phi) is 4.94. The quantitative estimate of drug-likeness (QED) is 0.651. The van der Waals surface area contributed by atoms with Gasteiger partial charge in [0.1, 0.15) is 0 Å². The van der Waals surface area contributed by atoms with Crippen molar-refractivity contribution in [2.45, 2.75) is 13.5 Å². The van der Waals surface area contributed by atoms with Gasteiger partial charge in [-0.25, -0.2) is 4.98 Å². The summed E-state index contributed by atoms with van der Waals surface area (Å²) in [5.41, 5.74) is 1.30. The average molecular weight is 308 g/mol.